The molecule has 1 N–H and O–H groups in total. The molecule has 1 aliphatic carbocycles. The van der Waals surface area contributed by atoms with Crippen molar-refractivity contribution >= 4 is 50.7 Å². The predicted octanol–water partition coefficient (Wildman–Crippen LogP) is 6.98. The fourth-order valence-corrected chi connectivity index (χ4v) is 7.12. The molecule has 3 aromatic rings. The molecule has 0 radical (unpaired) electrons. The quantitative estimate of drug-likeness (QED) is 0.258. The van der Waals surface area contributed by atoms with Gasteiger partial charge in [0, 0.05) is 12.6 Å². The van der Waals surface area contributed by atoms with Crippen LogP contribution in [0.15, 0.2) is 65.6 Å². The summed E-state index contributed by atoms with van der Waals surface area (Å²) in [5, 5.41) is 3.81. The van der Waals surface area contributed by atoms with Gasteiger partial charge in [0.15, 0.2) is 0 Å². The van der Waals surface area contributed by atoms with Gasteiger partial charge in [0.25, 0.3) is 10.0 Å². The average Bonchev–Trinajstić information content (AvgIpc) is 2.98. The molecule has 7 nitrogen and oxygen atoms in total. The third-order valence-electron chi connectivity index (χ3n) is 7.98. The van der Waals surface area contributed by atoms with E-state index in [1.54, 1.807) is 55.5 Å². The second-order valence-electron chi connectivity index (χ2n) is 11.4. The number of rotatable bonds is 10. The highest BCUT2D eigenvalue weighted by Crippen LogP contribution is 2.29. The van der Waals surface area contributed by atoms with E-state index in [4.69, 9.17) is 23.2 Å². The smallest absolute Gasteiger partial charge is 0.264 e. The molecular formula is C33H39Cl2N3O4S. The topological polar surface area (TPSA) is 86.8 Å². The van der Waals surface area contributed by atoms with Crippen LogP contribution in [-0.2, 0) is 26.2 Å². The van der Waals surface area contributed by atoms with Crippen LogP contribution < -0.4 is 9.62 Å². The zero-order valence-corrected chi connectivity index (χ0v) is 27.4. The van der Waals surface area contributed by atoms with Crippen molar-refractivity contribution in [2.45, 2.75) is 83.3 Å². The van der Waals surface area contributed by atoms with Gasteiger partial charge >= 0.3 is 0 Å². The summed E-state index contributed by atoms with van der Waals surface area (Å²) in [5.41, 5.74) is 3.54. The molecule has 0 bridgehead atoms. The van der Waals surface area contributed by atoms with Crippen molar-refractivity contribution in [3.05, 3.63) is 93.0 Å². The first-order valence-electron chi connectivity index (χ1n) is 14.6. The van der Waals surface area contributed by atoms with Gasteiger partial charge in [-0.3, -0.25) is 13.9 Å². The van der Waals surface area contributed by atoms with Crippen molar-refractivity contribution in [3.63, 3.8) is 0 Å². The first-order valence-corrected chi connectivity index (χ1v) is 16.8. The van der Waals surface area contributed by atoms with E-state index in [1.807, 2.05) is 32.9 Å². The summed E-state index contributed by atoms with van der Waals surface area (Å²) in [5.74, 6) is -0.797. The lowest BCUT2D eigenvalue weighted by Gasteiger charge is -2.33. The normalized spacial score (nSPS) is 14.7. The highest BCUT2D eigenvalue weighted by molar-refractivity contribution is 7.92. The van der Waals surface area contributed by atoms with Crippen LogP contribution in [0.3, 0.4) is 0 Å². The number of carbonyl (C=O) groups excluding carboxylic acids is 2. The monoisotopic (exact) mass is 643 g/mol. The maximum absolute atomic E-state index is 14.2. The maximum atomic E-state index is 14.2. The Morgan fingerprint density at radius 3 is 2.19 bits per heavy atom. The van der Waals surface area contributed by atoms with Crippen LogP contribution >= 0.6 is 23.2 Å². The molecule has 4 rings (SSSR count). The Labute approximate surface area is 265 Å². The van der Waals surface area contributed by atoms with E-state index < -0.39 is 28.5 Å². The van der Waals surface area contributed by atoms with Crippen LogP contribution in [0.2, 0.25) is 10.0 Å². The molecule has 1 saturated carbocycles. The van der Waals surface area contributed by atoms with Crippen molar-refractivity contribution in [1.82, 2.24) is 10.2 Å². The van der Waals surface area contributed by atoms with E-state index in [2.05, 4.69) is 5.32 Å². The Morgan fingerprint density at radius 1 is 0.884 bits per heavy atom. The van der Waals surface area contributed by atoms with Gasteiger partial charge in [-0.05, 0) is 87.6 Å². The number of carbonyl (C=O) groups is 2. The van der Waals surface area contributed by atoms with E-state index in [-0.39, 0.29) is 23.4 Å². The standard InChI is InChI=1S/C33H39Cl2N3O4S/c1-22-11-15-28(16-12-22)43(41,42)38(31-18-23(2)10-13-24(31)3)21-32(39)37(20-26-14-17-29(34)30(35)19-26)25(4)33(40)36-27-8-6-5-7-9-27/h10-19,25,27H,5-9,20-21H2,1-4H3,(H,36,40)/t25-/m0/s1. The Bertz CT molecular complexity index is 1570. The largest absolute Gasteiger partial charge is 0.352 e. The Hall–Kier alpha value is -3.07. The van der Waals surface area contributed by atoms with Crippen LogP contribution in [0.4, 0.5) is 5.69 Å². The average molecular weight is 645 g/mol. The van der Waals surface area contributed by atoms with Crippen molar-refractivity contribution in [2.24, 2.45) is 0 Å². The molecule has 2 amide bonds. The molecule has 0 aliphatic heterocycles. The molecule has 0 unspecified atom stereocenters. The third-order valence-corrected chi connectivity index (χ3v) is 10.5. The molecule has 43 heavy (non-hydrogen) atoms. The Kier molecular flexibility index (Phi) is 10.8. The lowest BCUT2D eigenvalue weighted by molar-refractivity contribution is -0.139. The summed E-state index contributed by atoms with van der Waals surface area (Å²) in [6.45, 7) is 6.77. The summed E-state index contributed by atoms with van der Waals surface area (Å²) >= 11 is 12.4. The number of benzene rings is 3. The highest BCUT2D eigenvalue weighted by Gasteiger charge is 2.34. The van der Waals surface area contributed by atoms with Crippen LogP contribution in [0.25, 0.3) is 0 Å². The second-order valence-corrected chi connectivity index (χ2v) is 14.1. The fraction of sp³-hybridized carbons (Fsp3) is 0.394. The fourth-order valence-electron chi connectivity index (χ4n) is 5.32. The molecule has 0 spiro atoms. The minimum atomic E-state index is -4.15. The Morgan fingerprint density at radius 2 is 1.53 bits per heavy atom. The number of nitrogens with one attached hydrogen (secondary N) is 1. The molecule has 0 heterocycles. The summed E-state index contributed by atoms with van der Waals surface area (Å²) in [6, 6.07) is 16.2. The second kappa shape index (κ2) is 14.1. The van der Waals surface area contributed by atoms with Gasteiger partial charge in [0.1, 0.15) is 12.6 Å². The number of hydrogen-bond donors (Lipinski definition) is 1. The third kappa shape index (κ3) is 8.11. The van der Waals surface area contributed by atoms with Crippen LogP contribution in [0.1, 0.15) is 61.3 Å². The maximum Gasteiger partial charge on any atom is 0.264 e. The molecule has 230 valence electrons. The molecule has 10 heteroatoms. The number of amides is 2. The highest BCUT2D eigenvalue weighted by atomic mass is 35.5. The minimum absolute atomic E-state index is 0.0419. The Balaban J connectivity index is 1.72. The van der Waals surface area contributed by atoms with Gasteiger partial charge in [0.05, 0.1) is 20.6 Å². The molecule has 1 atom stereocenters. The van der Waals surface area contributed by atoms with Crippen molar-refractivity contribution in [1.29, 1.82) is 0 Å². The lowest BCUT2D eigenvalue weighted by atomic mass is 9.95. The van der Waals surface area contributed by atoms with Gasteiger partial charge in [-0.15, -0.1) is 0 Å². The number of sulfonamides is 1. The van der Waals surface area contributed by atoms with Gasteiger partial charge < -0.3 is 10.2 Å². The number of anilines is 1. The van der Waals surface area contributed by atoms with E-state index >= 15 is 0 Å². The zero-order chi connectivity index (χ0) is 31.3. The van der Waals surface area contributed by atoms with E-state index in [0.29, 0.717) is 26.9 Å². The SMILES string of the molecule is Cc1ccc(S(=O)(=O)N(CC(=O)N(Cc2ccc(Cl)c(Cl)c2)[C@@H](C)C(=O)NC2CCCCC2)c2cc(C)ccc2C)cc1. The molecule has 0 saturated heterocycles. The number of aryl methyl sites for hydroxylation is 3. The number of nitrogens with zero attached hydrogens (tertiary/aromatic N) is 2. The summed E-state index contributed by atoms with van der Waals surface area (Å²) < 4.78 is 29.4. The van der Waals surface area contributed by atoms with Crippen LogP contribution in [0, 0.1) is 20.8 Å². The molecule has 1 aliphatic rings. The molecule has 0 aromatic heterocycles. The molecule has 1 fully saturated rings. The van der Waals surface area contributed by atoms with Crippen molar-refractivity contribution in [3.8, 4) is 0 Å². The van der Waals surface area contributed by atoms with Crippen LogP contribution in [-0.4, -0.2) is 43.8 Å². The minimum Gasteiger partial charge on any atom is -0.352 e. The summed E-state index contributed by atoms with van der Waals surface area (Å²) in [7, 11) is -4.15. The first kappa shape index (κ1) is 32.8. The van der Waals surface area contributed by atoms with Gasteiger partial charge in [-0.2, -0.15) is 0 Å². The number of hydrogen-bond acceptors (Lipinski definition) is 4. The van der Waals surface area contributed by atoms with Gasteiger partial charge in [-0.1, -0.05) is 78.4 Å². The van der Waals surface area contributed by atoms with Crippen molar-refractivity contribution in [2.75, 3.05) is 10.8 Å². The summed E-state index contributed by atoms with van der Waals surface area (Å²) in [4.78, 5) is 29.2. The number of halogens is 2. The molecular weight excluding hydrogens is 605 g/mol. The van der Waals surface area contributed by atoms with Gasteiger partial charge in [0.2, 0.25) is 11.8 Å². The zero-order valence-electron chi connectivity index (χ0n) is 25.1. The van der Waals surface area contributed by atoms with Crippen molar-refractivity contribution < 1.29 is 18.0 Å². The summed E-state index contributed by atoms with van der Waals surface area (Å²) in [6.07, 6.45) is 5.04. The van der Waals surface area contributed by atoms with E-state index in [0.717, 1.165) is 47.5 Å². The molecule has 3 aromatic carbocycles. The van der Waals surface area contributed by atoms with Gasteiger partial charge in [-0.25, -0.2) is 8.42 Å². The predicted molar refractivity (Wildman–Crippen MR) is 173 cm³/mol. The van der Waals surface area contributed by atoms with E-state index in [9.17, 15) is 18.0 Å². The van der Waals surface area contributed by atoms with Crippen LogP contribution in [0.5, 0.6) is 0 Å². The first-order chi connectivity index (χ1) is 20.4. The lowest BCUT2D eigenvalue weighted by Crippen LogP contribution is -2.53. The van der Waals surface area contributed by atoms with E-state index in [1.165, 1.54) is 4.90 Å².